The highest BCUT2D eigenvalue weighted by atomic mass is 16.6. The van der Waals surface area contributed by atoms with Crippen molar-refractivity contribution in [2.24, 2.45) is 0 Å². The molecule has 0 spiro atoms. The number of ether oxygens (including phenoxy) is 2. The summed E-state index contributed by atoms with van der Waals surface area (Å²) in [5, 5.41) is 19.3. The van der Waals surface area contributed by atoms with Crippen LogP contribution in [0, 0.1) is 0 Å². The number of aliphatic hydroxyl groups excluding tert-OH is 2. The van der Waals surface area contributed by atoms with E-state index in [9.17, 15) is 14.4 Å². The van der Waals surface area contributed by atoms with Crippen LogP contribution in [-0.2, 0) is 19.1 Å². The summed E-state index contributed by atoms with van der Waals surface area (Å²) in [4.78, 5) is 32.5. The van der Waals surface area contributed by atoms with Crippen LogP contribution >= 0.6 is 0 Å². The fourth-order valence-corrected chi connectivity index (χ4v) is 0.699. The minimum atomic E-state index is -1.76. The zero-order chi connectivity index (χ0) is 14.1. The van der Waals surface area contributed by atoms with Gasteiger partial charge in [0.05, 0.1) is 13.2 Å². The van der Waals surface area contributed by atoms with Gasteiger partial charge in [0.2, 0.25) is 0 Å². The number of ketones is 1. The van der Waals surface area contributed by atoms with Crippen LogP contribution in [0.15, 0.2) is 12.3 Å². The lowest BCUT2D eigenvalue weighted by Crippen LogP contribution is -2.35. The molecule has 1 amide bonds. The first-order chi connectivity index (χ1) is 8.38. The minimum Gasteiger partial charge on any atom is -0.489 e. The van der Waals surface area contributed by atoms with Gasteiger partial charge in [-0.2, -0.15) is 0 Å². The predicted octanol–water partition coefficient (Wildman–Crippen LogP) is -1.29. The van der Waals surface area contributed by atoms with Crippen LogP contribution in [0.3, 0.4) is 0 Å². The third kappa shape index (κ3) is 6.61. The van der Waals surface area contributed by atoms with E-state index in [0.717, 1.165) is 0 Å². The standard InChI is InChI=1S/C10H15NO7/c1-6(13)7(2)17-4-3-11-10(16)18-9(15)8(14)5-12/h8,12,14H,2-5H2,1H3,(H,11,16). The molecule has 1 unspecified atom stereocenters. The van der Waals surface area contributed by atoms with Crippen molar-refractivity contribution in [3.8, 4) is 0 Å². The lowest BCUT2D eigenvalue weighted by atomic mass is 10.4. The molecule has 0 saturated carbocycles. The molecule has 8 nitrogen and oxygen atoms in total. The van der Waals surface area contributed by atoms with E-state index in [1.165, 1.54) is 6.92 Å². The largest absolute Gasteiger partial charge is 0.489 e. The Kier molecular flexibility index (Phi) is 7.32. The molecular weight excluding hydrogens is 246 g/mol. The van der Waals surface area contributed by atoms with Crippen LogP contribution < -0.4 is 5.32 Å². The highest BCUT2D eigenvalue weighted by molar-refractivity contribution is 5.90. The van der Waals surface area contributed by atoms with Gasteiger partial charge in [0.25, 0.3) is 0 Å². The number of aliphatic hydroxyl groups is 2. The van der Waals surface area contributed by atoms with Crippen LogP contribution in [0.2, 0.25) is 0 Å². The van der Waals surface area contributed by atoms with Gasteiger partial charge in [0, 0.05) is 6.92 Å². The van der Waals surface area contributed by atoms with Gasteiger partial charge < -0.3 is 25.0 Å². The molecule has 0 aliphatic carbocycles. The van der Waals surface area contributed by atoms with E-state index in [1.54, 1.807) is 0 Å². The third-order valence-electron chi connectivity index (χ3n) is 1.68. The van der Waals surface area contributed by atoms with Crippen LogP contribution in [0.5, 0.6) is 0 Å². The fourth-order valence-electron chi connectivity index (χ4n) is 0.699. The van der Waals surface area contributed by atoms with E-state index < -0.39 is 24.8 Å². The van der Waals surface area contributed by atoms with E-state index >= 15 is 0 Å². The molecule has 18 heavy (non-hydrogen) atoms. The van der Waals surface area contributed by atoms with Crippen molar-refractivity contribution in [1.29, 1.82) is 0 Å². The topological polar surface area (TPSA) is 122 Å². The van der Waals surface area contributed by atoms with Crippen LogP contribution in [0.1, 0.15) is 6.92 Å². The first kappa shape index (κ1) is 16.1. The summed E-state index contributed by atoms with van der Waals surface area (Å²) < 4.78 is 8.95. The second-order valence-corrected chi connectivity index (χ2v) is 3.16. The van der Waals surface area contributed by atoms with Gasteiger partial charge >= 0.3 is 12.1 Å². The summed E-state index contributed by atoms with van der Waals surface area (Å²) in [6, 6.07) is 0. The van der Waals surface area contributed by atoms with Crippen molar-refractivity contribution >= 4 is 17.8 Å². The third-order valence-corrected chi connectivity index (χ3v) is 1.68. The van der Waals surface area contributed by atoms with Gasteiger partial charge in [0.15, 0.2) is 17.6 Å². The van der Waals surface area contributed by atoms with E-state index in [0.29, 0.717) is 0 Å². The number of esters is 1. The number of Topliss-reactive ketones (excluding diaryl/α,β-unsaturated/α-hetero) is 1. The number of alkyl carbamates (subject to hydrolysis) is 1. The van der Waals surface area contributed by atoms with Gasteiger partial charge in [0.1, 0.15) is 6.61 Å². The zero-order valence-electron chi connectivity index (χ0n) is 9.84. The number of carbonyl (C=O) groups excluding carboxylic acids is 3. The molecule has 0 fully saturated rings. The molecule has 8 heteroatoms. The number of rotatable bonds is 7. The first-order valence-electron chi connectivity index (χ1n) is 4.99. The van der Waals surface area contributed by atoms with E-state index in [2.05, 4.69) is 16.6 Å². The molecule has 0 aromatic heterocycles. The summed E-state index contributed by atoms with van der Waals surface area (Å²) >= 11 is 0. The lowest BCUT2D eigenvalue weighted by Gasteiger charge is -2.09. The molecule has 3 N–H and O–H groups in total. The average molecular weight is 261 g/mol. The molecule has 1 atom stereocenters. The van der Waals surface area contributed by atoms with Crippen molar-refractivity contribution in [1.82, 2.24) is 5.32 Å². The second-order valence-electron chi connectivity index (χ2n) is 3.16. The normalized spacial score (nSPS) is 11.3. The van der Waals surface area contributed by atoms with E-state index in [1.807, 2.05) is 0 Å². The number of amides is 1. The fraction of sp³-hybridized carbons (Fsp3) is 0.500. The summed E-state index contributed by atoms with van der Waals surface area (Å²) in [7, 11) is 0. The Morgan fingerprint density at radius 1 is 1.39 bits per heavy atom. The van der Waals surface area contributed by atoms with Crippen molar-refractivity contribution in [2.75, 3.05) is 19.8 Å². The lowest BCUT2D eigenvalue weighted by molar-refractivity contribution is -0.148. The molecule has 0 aliphatic rings. The molecule has 102 valence electrons. The van der Waals surface area contributed by atoms with Crippen molar-refractivity contribution < 1.29 is 34.1 Å². The maximum Gasteiger partial charge on any atom is 0.415 e. The Morgan fingerprint density at radius 3 is 2.50 bits per heavy atom. The minimum absolute atomic E-state index is 0.0202. The smallest absolute Gasteiger partial charge is 0.415 e. The highest BCUT2D eigenvalue weighted by Gasteiger charge is 2.18. The second kappa shape index (κ2) is 8.20. The number of carbonyl (C=O) groups is 3. The number of allylic oxidation sites excluding steroid dienone is 1. The maximum absolute atomic E-state index is 11.0. The van der Waals surface area contributed by atoms with Gasteiger partial charge in [-0.3, -0.25) is 4.79 Å². The summed E-state index contributed by atoms with van der Waals surface area (Å²) in [5.74, 6) is -1.64. The Morgan fingerprint density at radius 2 is 2.00 bits per heavy atom. The number of hydrogen-bond donors (Lipinski definition) is 3. The van der Waals surface area contributed by atoms with E-state index in [4.69, 9.17) is 14.9 Å². The van der Waals surface area contributed by atoms with Gasteiger partial charge in [-0.15, -0.1) is 0 Å². The summed E-state index contributed by atoms with van der Waals surface area (Å²) in [6.07, 6.45) is -2.85. The average Bonchev–Trinajstić information content (AvgIpc) is 2.32. The Hall–Kier alpha value is -1.93. The molecule has 0 saturated heterocycles. The molecule has 0 aromatic rings. The molecular formula is C10H15NO7. The molecule has 0 heterocycles. The first-order valence-corrected chi connectivity index (χ1v) is 4.99. The molecule has 0 rings (SSSR count). The zero-order valence-corrected chi connectivity index (χ0v) is 9.84. The maximum atomic E-state index is 11.0. The highest BCUT2D eigenvalue weighted by Crippen LogP contribution is 1.93. The predicted molar refractivity (Wildman–Crippen MR) is 58.4 cm³/mol. The Labute approximate surface area is 103 Å². The van der Waals surface area contributed by atoms with Crippen molar-refractivity contribution in [2.45, 2.75) is 13.0 Å². The number of nitrogens with one attached hydrogen (secondary N) is 1. The summed E-state index contributed by atoms with van der Waals surface area (Å²) in [6.45, 7) is 3.72. The van der Waals surface area contributed by atoms with Crippen molar-refractivity contribution in [3.05, 3.63) is 12.3 Å². The monoisotopic (exact) mass is 261 g/mol. The molecule has 0 aromatic carbocycles. The van der Waals surface area contributed by atoms with Crippen LogP contribution in [0.4, 0.5) is 4.79 Å². The van der Waals surface area contributed by atoms with Crippen LogP contribution in [0.25, 0.3) is 0 Å². The Balaban J connectivity index is 3.75. The molecule has 0 radical (unpaired) electrons. The molecule has 0 aliphatic heterocycles. The van der Waals surface area contributed by atoms with Gasteiger partial charge in [-0.25, -0.2) is 9.59 Å². The SMILES string of the molecule is C=C(OCCNC(=O)OC(=O)C(O)CO)C(C)=O. The van der Waals surface area contributed by atoms with E-state index in [-0.39, 0.29) is 24.7 Å². The van der Waals surface area contributed by atoms with Crippen LogP contribution in [-0.4, -0.2) is 53.9 Å². The summed E-state index contributed by atoms with van der Waals surface area (Å²) in [5.41, 5.74) is 0. The van der Waals surface area contributed by atoms with Crippen molar-refractivity contribution in [3.63, 3.8) is 0 Å². The van der Waals surface area contributed by atoms with Gasteiger partial charge in [-0.05, 0) is 0 Å². The number of hydrogen-bond acceptors (Lipinski definition) is 7. The van der Waals surface area contributed by atoms with Gasteiger partial charge in [-0.1, -0.05) is 6.58 Å². The Bertz CT molecular complexity index is 339. The molecule has 0 bridgehead atoms. The quantitative estimate of drug-likeness (QED) is 0.171.